The molecule has 1 unspecified atom stereocenters. The molecule has 0 saturated carbocycles. The van der Waals surface area contributed by atoms with Gasteiger partial charge in [0.2, 0.25) is 0 Å². The van der Waals surface area contributed by atoms with E-state index in [1.807, 2.05) is 6.92 Å². The molecule has 0 N–H and O–H groups in total. The van der Waals surface area contributed by atoms with E-state index in [-0.39, 0.29) is 0 Å². The Morgan fingerprint density at radius 3 is 1.69 bits per heavy atom. The van der Waals surface area contributed by atoms with Crippen LogP contribution in [0.1, 0.15) is 66.7 Å². The Bertz CT molecular complexity index is 218. The molecule has 0 aromatic carbocycles. The van der Waals surface area contributed by atoms with Crippen molar-refractivity contribution in [2.24, 2.45) is 5.92 Å². The van der Waals surface area contributed by atoms with Crippen molar-refractivity contribution in [3.63, 3.8) is 0 Å². The van der Waals surface area contributed by atoms with Crippen molar-refractivity contribution >= 4 is 9.84 Å². The molecule has 0 amide bonds. The number of hydrogen-bond donors (Lipinski definition) is 0. The van der Waals surface area contributed by atoms with Crippen LogP contribution in [0.3, 0.4) is 0 Å². The van der Waals surface area contributed by atoms with Gasteiger partial charge >= 0.3 is 0 Å². The summed E-state index contributed by atoms with van der Waals surface area (Å²) in [6, 6.07) is 0. The molecule has 0 saturated heterocycles. The number of hydrogen-bond acceptors (Lipinski definition) is 2. The molecule has 0 aliphatic rings. The van der Waals surface area contributed by atoms with Crippen LogP contribution in [0, 0.1) is 5.92 Å². The molecular formula is C13H30O2S. The van der Waals surface area contributed by atoms with Crippen LogP contribution < -0.4 is 0 Å². The van der Waals surface area contributed by atoms with Crippen molar-refractivity contribution < 1.29 is 8.42 Å². The van der Waals surface area contributed by atoms with Gasteiger partial charge in [-0.3, -0.25) is 0 Å². The SMILES string of the molecule is CCCC.CCCS(=O)(=O)CCC(C)CC. The summed E-state index contributed by atoms with van der Waals surface area (Å²) in [5.41, 5.74) is 0. The lowest BCUT2D eigenvalue weighted by Crippen LogP contribution is -2.12. The molecule has 16 heavy (non-hydrogen) atoms. The second-order valence-corrected chi connectivity index (χ2v) is 6.76. The van der Waals surface area contributed by atoms with Gasteiger partial charge in [0.05, 0.1) is 5.75 Å². The third-order valence-corrected chi connectivity index (χ3v) is 4.52. The number of sulfone groups is 1. The minimum absolute atomic E-state index is 0.351. The molecule has 1 atom stereocenters. The lowest BCUT2D eigenvalue weighted by Gasteiger charge is -2.07. The van der Waals surface area contributed by atoms with Gasteiger partial charge < -0.3 is 0 Å². The third kappa shape index (κ3) is 13.9. The van der Waals surface area contributed by atoms with E-state index in [4.69, 9.17) is 0 Å². The monoisotopic (exact) mass is 250 g/mol. The quantitative estimate of drug-likeness (QED) is 0.683. The Hall–Kier alpha value is -0.0500. The molecule has 0 fully saturated rings. The summed E-state index contributed by atoms with van der Waals surface area (Å²) in [7, 11) is -2.74. The van der Waals surface area contributed by atoms with Crippen molar-refractivity contribution in [1.82, 2.24) is 0 Å². The van der Waals surface area contributed by atoms with Crippen LogP contribution >= 0.6 is 0 Å². The van der Waals surface area contributed by atoms with Crippen LogP contribution in [-0.4, -0.2) is 19.9 Å². The zero-order valence-corrected chi connectivity index (χ0v) is 12.6. The van der Waals surface area contributed by atoms with E-state index in [1.165, 1.54) is 12.8 Å². The summed E-state index contributed by atoms with van der Waals surface area (Å²) in [4.78, 5) is 0. The maximum atomic E-state index is 11.3. The molecule has 0 bridgehead atoms. The molecule has 2 nitrogen and oxygen atoms in total. The summed E-state index contributed by atoms with van der Waals surface area (Å²) in [6.45, 7) is 10.5. The van der Waals surface area contributed by atoms with E-state index < -0.39 is 9.84 Å². The number of unbranched alkanes of at least 4 members (excludes halogenated alkanes) is 1. The summed E-state index contributed by atoms with van der Waals surface area (Å²) in [6.07, 6.45) is 5.27. The summed E-state index contributed by atoms with van der Waals surface area (Å²) >= 11 is 0. The van der Waals surface area contributed by atoms with Gasteiger partial charge in [0.15, 0.2) is 0 Å². The van der Waals surface area contributed by atoms with Gasteiger partial charge in [-0.1, -0.05) is 53.9 Å². The third-order valence-electron chi connectivity index (χ3n) is 2.63. The van der Waals surface area contributed by atoms with Gasteiger partial charge in [-0.05, 0) is 18.8 Å². The van der Waals surface area contributed by atoms with E-state index in [9.17, 15) is 8.42 Å². The Balaban J connectivity index is 0. The van der Waals surface area contributed by atoms with Crippen molar-refractivity contribution in [1.29, 1.82) is 0 Å². The Morgan fingerprint density at radius 1 is 0.875 bits per heavy atom. The molecule has 100 valence electrons. The van der Waals surface area contributed by atoms with Crippen LogP contribution in [0.5, 0.6) is 0 Å². The molecule has 0 rings (SSSR count). The van der Waals surface area contributed by atoms with Gasteiger partial charge in [0, 0.05) is 5.75 Å². The first-order chi connectivity index (χ1) is 7.43. The van der Waals surface area contributed by atoms with Crippen molar-refractivity contribution in [3.8, 4) is 0 Å². The second-order valence-electron chi connectivity index (χ2n) is 4.45. The second kappa shape index (κ2) is 11.4. The predicted molar refractivity (Wildman–Crippen MR) is 73.6 cm³/mol. The maximum Gasteiger partial charge on any atom is 0.150 e. The van der Waals surface area contributed by atoms with Gasteiger partial charge in [-0.25, -0.2) is 8.42 Å². The van der Waals surface area contributed by atoms with E-state index in [0.717, 1.165) is 19.3 Å². The highest BCUT2D eigenvalue weighted by molar-refractivity contribution is 7.91. The largest absolute Gasteiger partial charge is 0.229 e. The first-order valence-electron chi connectivity index (χ1n) is 6.63. The van der Waals surface area contributed by atoms with Crippen LogP contribution in [-0.2, 0) is 9.84 Å². The van der Waals surface area contributed by atoms with E-state index in [2.05, 4.69) is 27.7 Å². The lowest BCUT2D eigenvalue weighted by atomic mass is 10.1. The van der Waals surface area contributed by atoms with Gasteiger partial charge in [-0.15, -0.1) is 0 Å². The molecule has 0 radical (unpaired) electrons. The van der Waals surface area contributed by atoms with Gasteiger partial charge in [0.25, 0.3) is 0 Å². The van der Waals surface area contributed by atoms with Crippen molar-refractivity contribution in [2.45, 2.75) is 66.7 Å². The van der Waals surface area contributed by atoms with Crippen LogP contribution in [0.25, 0.3) is 0 Å². The standard InChI is InChI=1S/C9H20O2S.C4H10/c1-4-7-12(10,11)8-6-9(3)5-2;1-3-4-2/h9H,4-8H2,1-3H3;3-4H2,1-2H3. The first kappa shape index (κ1) is 18.3. The van der Waals surface area contributed by atoms with Crippen LogP contribution in [0.2, 0.25) is 0 Å². The topological polar surface area (TPSA) is 34.1 Å². The van der Waals surface area contributed by atoms with Crippen molar-refractivity contribution in [3.05, 3.63) is 0 Å². The highest BCUT2D eigenvalue weighted by Crippen LogP contribution is 2.08. The fourth-order valence-corrected chi connectivity index (χ4v) is 2.59. The number of rotatable bonds is 7. The zero-order valence-electron chi connectivity index (χ0n) is 11.8. The highest BCUT2D eigenvalue weighted by Gasteiger charge is 2.10. The fourth-order valence-electron chi connectivity index (χ4n) is 0.998. The zero-order chi connectivity index (χ0) is 13.0. The Labute approximate surface area is 103 Å². The fraction of sp³-hybridized carbons (Fsp3) is 1.00. The van der Waals surface area contributed by atoms with E-state index in [0.29, 0.717) is 17.4 Å². The summed E-state index contributed by atoms with van der Waals surface area (Å²) in [5.74, 6) is 1.26. The minimum Gasteiger partial charge on any atom is -0.229 e. The average Bonchev–Trinajstić information content (AvgIpc) is 2.26. The molecular weight excluding hydrogens is 220 g/mol. The normalized spacial score (nSPS) is 12.8. The molecule has 0 aromatic rings. The lowest BCUT2D eigenvalue weighted by molar-refractivity contribution is 0.531. The molecule has 0 aliphatic carbocycles. The molecule has 0 aromatic heterocycles. The average molecular weight is 250 g/mol. The smallest absolute Gasteiger partial charge is 0.150 e. The maximum absolute atomic E-state index is 11.3. The highest BCUT2D eigenvalue weighted by atomic mass is 32.2. The van der Waals surface area contributed by atoms with Gasteiger partial charge in [-0.2, -0.15) is 0 Å². The van der Waals surface area contributed by atoms with Crippen LogP contribution in [0.15, 0.2) is 0 Å². The molecule has 3 heteroatoms. The van der Waals surface area contributed by atoms with Crippen molar-refractivity contribution in [2.75, 3.05) is 11.5 Å². The summed E-state index contributed by atoms with van der Waals surface area (Å²) in [5, 5.41) is 0. The van der Waals surface area contributed by atoms with E-state index in [1.54, 1.807) is 0 Å². The Kier molecular flexibility index (Phi) is 13.1. The Morgan fingerprint density at radius 2 is 1.38 bits per heavy atom. The van der Waals surface area contributed by atoms with E-state index >= 15 is 0 Å². The predicted octanol–water partition coefficient (Wildman–Crippen LogP) is 4.05. The molecule has 0 heterocycles. The molecule has 0 spiro atoms. The van der Waals surface area contributed by atoms with Gasteiger partial charge in [0.1, 0.15) is 9.84 Å². The molecule has 0 aliphatic heterocycles. The summed E-state index contributed by atoms with van der Waals surface area (Å²) < 4.78 is 22.5. The van der Waals surface area contributed by atoms with Crippen LogP contribution in [0.4, 0.5) is 0 Å². The minimum atomic E-state index is -2.74. The first-order valence-corrected chi connectivity index (χ1v) is 8.45.